The minimum absolute atomic E-state index is 0.0107. The molecule has 0 aliphatic carbocycles. The van der Waals surface area contributed by atoms with E-state index in [9.17, 15) is 9.59 Å². The summed E-state index contributed by atoms with van der Waals surface area (Å²) in [6.45, 7) is 1.41. The van der Waals surface area contributed by atoms with Crippen molar-refractivity contribution in [1.82, 2.24) is 9.80 Å². The van der Waals surface area contributed by atoms with Crippen molar-refractivity contribution in [1.29, 1.82) is 0 Å². The van der Waals surface area contributed by atoms with Crippen LogP contribution in [0, 0.1) is 0 Å². The fraction of sp³-hybridized carbons (Fsp3) is 0.231. The average Bonchev–Trinajstić information content (AvgIpc) is 2.80. The third-order valence-corrected chi connectivity index (χ3v) is 6.28. The van der Waals surface area contributed by atoms with E-state index in [1.807, 2.05) is 77.7 Å². The normalized spacial score (nSPS) is 18.2. The van der Waals surface area contributed by atoms with Crippen LogP contribution in [0.15, 0.2) is 84.9 Å². The Morgan fingerprint density at radius 1 is 0.833 bits per heavy atom. The van der Waals surface area contributed by atoms with Gasteiger partial charge < -0.3 is 9.80 Å². The number of piperazine rings is 1. The molecule has 0 saturated carbocycles. The first-order valence-corrected chi connectivity index (χ1v) is 10.5. The Morgan fingerprint density at radius 3 is 2.10 bits per heavy atom. The molecule has 2 aliphatic heterocycles. The summed E-state index contributed by atoms with van der Waals surface area (Å²) in [6, 6.07) is 27.9. The Bertz CT molecular complexity index is 1030. The standard InChI is InChI=1S/C26H24N2O2/c29-24-18-27(17-23-22-14-8-7-9-19(22)15-16-28(23)24)26(30)25(20-10-3-1-4-11-20)21-12-5-2-6-13-21/h1-14,23,25H,15-18H2/t23-/m1/s1. The highest BCUT2D eigenvalue weighted by Gasteiger charge is 2.40. The third kappa shape index (κ3) is 3.28. The van der Waals surface area contributed by atoms with Gasteiger partial charge in [0.1, 0.15) is 0 Å². The number of fused-ring (bicyclic) bond motifs is 3. The van der Waals surface area contributed by atoms with Crippen molar-refractivity contribution in [3.05, 3.63) is 107 Å². The lowest BCUT2D eigenvalue weighted by Gasteiger charge is -2.45. The number of carbonyl (C=O) groups is 2. The molecule has 0 radical (unpaired) electrons. The van der Waals surface area contributed by atoms with Crippen LogP contribution in [-0.4, -0.2) is 41.2 Å². The summed E-state index contributed by atoms with van der Waals surface area (Å²) in [5, 5.41) is 0. The Balaban J connectivity index is 1.50. The Labute approximate surface area is 176 Å². The lowest BCUT2D eigenvalue weighted by molar-refractivity contribution is -0.149. The molecule has 1 fully saturated rings. The summed E-state index contributed by atoms with van der Waals surface area (Å²) in [5.74, 6) is -0.386. The number of nitrogens with zero attached hydrogens (tertiary/aromatic N) is 2. The van der Waals surface area contributed by atoms with Gasteiger partial charge in [-0.3, -0.25) is 9.59 Å². The van der Waals surface area contributed by atoms with Crippen LogP contribution in [0.4, 0.5) is 0 Å². The predicted octanol–water partition coefficient (Wildman–Crippen LogP) is 3.79. The number of rotatable bonds is 3. The van der Waals surface area contributed by atoms with Crippen molar-refractivity contribution in [2.75, 3.05) is 19.6 Å². The van der Waals surface area contributed by atoms with Crippen LogP contribution in [0.5, 0.6) is 0 Å². The lowest BCUT2D eigenvalue weighted by atomic mass is 9.87. The topological polar surface area (TPSA) is 40.6 Å². The molecule has 0 bridgehead atoms. The van der Waals surface area contributed by atoms with Crippen LogP contribution in [0.2, 0.25) is 0 Å². The Hall–Kier alpha value is -3.40. The highest BCUT2D eigenvalue weighted by Crippen LogP contribution is 2.35. The van der Waals surface area contributed by atoms with Crippen molar-refractivity contribution >= 4 is 11.8 Å². The molecular formula is C26H24N2O2. The Morgan fingerprint density at radius 2 is 1.43 bits per heavy atom. The van der Waals surface area contributed by atoms with Crippen molar-refractivity contribution < 1.29 is 9.59 Å². The SMILES string of the molecule is O=C(C(c1ccccc1)c1ccccc1)N1CC(=O)N2CCc3ccccc3[C@H]2C1. The monoisotopic (exact) mass is 396 g/mol. The van der Waals surface area contributed by atoms with Gasteiger partial charge in [-0.25, -0.2) is 0 Å². The average molecular weight is 396 g/mol. The van der Waals surface area contributed by atoms with E-state index in [2.05, 4.69) is 12.1 Å². The van der Waals surface area contributed by atoms with Crippen LogP contribution in [0.1, 0.15) is 34.2 Å². The van der Waals surface area contributed by atoms with Crippen molar-refractivity contribution in [3.8, 4) is 0 Å². The molecular weight excluding hydrogens is 372 g/mol. The molecule has 1 saturated heterocycles. The van der Waals surface area contributed by atoms with E-state index in [1.54, 1.807) is 4.90 Å². The molecule has 5 rings (SSSR count). The highest BCUT2D eigenvalue weighted by molar-refractivity contribution is 5.92. The summed E-state index contributed by atoms with van der Waals surface area (Å²) in [5.41, 5.74) is 4.36. The summed E-state index contributed by atoms with van der Waals surface area (Å²) in [4.78, 5) is 30.5. The largest absolute Gasteiger partial charge is 0.332 e. The van der Waals surface area contributed by atoms with Gasteiger partial charge in [0.15, 0.2) is 0 Å². The molecule has 150 valence electrons. The molecule has 0 N–H and O–H groups in total. The van der Waals surface area contributed by atoms with E-state index in [1.165, 1.54) is 11.1 Å². The molecule has 4 nitrogen and oxygen atoms in total. The van der Waals surface area contributed by atoms with Crippen molar-refractivity contribution in [3.63, 3.8) is 0 Å². The van der Waals surface area contributed by atoms with E-state index in [0.717, 1.165) is 24.1 Å². The zero-order valence-corrected chi connectivity index (χ0v) is 16.8. The molecule has 30 heavy (non-hydrogen) atoms. The molecule has 0 aromatic heterocycles. The molecule has 4 heteroatoms. The molecule has 2 amide bonds. The van der Waals surface area contributed by atoms with Gasteiger partial charge in [-0.05, 0) is 28.7 Å². The minimum Gasteiger partial charge on any atom is -0.332 e. The van der Waals surface area contributed by atoms with Gasteiger partial charge in [-0.2, -0.15) is 0 Å². The second-order valence-electron chi connectivity index (χ2n) is 8.02. The van der Waals surface area contributed by atoms with Crippen LogP contribution < -0.4 is 0 Å². The summed E-state index contributed by atoms with van der Waals surface area (Å²) >= 11 is 0. The van der Waals surface area contributed by atoms with Crippen LogP contribution in [0.3, 0.4) is 0 Å². The number of carbonyl (C=O) groups excluding carboxylic acids is 2. The van der Waals surface area contributed by atoms with E-state index in [0.29, 0.717) is 6.54 Å². The molecule has 3 aromatic carbocycles. The zero-order valence-electron chi connectivity index (χ0n) is 16.8. The van der Waals surface area contributed by atoms with E-state index >= 15 is 0 Å². The van der Waals surface area contributed by atoms with Gasteiger partial charge in [0.25, 0.3) is 0 Å². The maximum absolute atomic E-state index is 13.8. The van der Waals surface area contributed by atoms with Gasteiger partial charge in [0.05, 0.1) is 18.5 Å². The van der Waals surface area contributed by atoms with Crippen molar-refractivity contribution in [2.24, 2.45) is 0 Å². The second kappa shape index (κ2) is 7.79. The van der Waals surface area contributed by atoms with Gasteiger partial charge in [-0.1, -0.05) is 84.9 Å². The molecule has 0 spiro atoms. The highest BCUT2D eigenvalue weighted by atomic mass is 16.2. The second-order valence-corrected chi connectivity index (χ2v) is 8.02. The number of hydrogen-bond acceptors (Lipinski definition) is 2. The van der Waals surface area contributed by atoms with E-state index in [-0.39, 0.29) is 24.4 Å². The van der Waals surface area contributed by atoms with Crippen LogP contribution in [-0.2, 0) is 16.0 Å². The van der Waals surface area contributed by atoms with Gasteiger partial charge >= 0.3 is 0 Å². The first kappa shape index (κ1) is 18.6. The number of benzene rings is 3. The van der Waals surface area contributed by atoms with Crippen LogP contribution in [0.25, 0.3) is 0 Å². The summed E-state index contributed by atoms with van der Waals surface area (Å²) in [6.07, 6.45) is 0.878. The molecule has 1 atom stereocenters. The minimum atomic E-state index is -0.411. The first-order chi connectivity index (χ1) is 14.7. The fourth-order valence-corrected chi connectivity index (χ4v) is 4.79. The predicted molar refractivity (Wildman–Crippen MR) is 116 cm³/mol. The van der Waals surface area contributed by atoms with E-state index in [4.69, 9.17) is 0 Å². The lowest BCUT2D eigenvalue weighted by Crippen LogP contribution is -2.56. The molecule has 2 heterocycles. The van der Waals surface area contributed by atoms with Gasteiger partial charge in [0.2, 0.25) is 11.8 Å². The molecule has 0 unspecified atom stereocenters. The number of amides is 2. The van der Waals surface area contributed by atoms with Crippen LogP contribution >= 0.6 is 0 Å². The maximum Gasteiger partial charge on any atom is 0.242 e. The summed E-state index contributed by atoms with van der Waals surface area (Å²) < 4.78 is 0. The molecule has 2 aliphatic rings. The van der Waals surface area contributed by atoms with E-state index < -0.39 is 5.92 Å². The molecule has 3 aromatic rings. The first-order valence-electron chi connectivity index (χ1n) is 10.5. The fourth-order valence-electron chi connectivity index (χ4n) is 4.79. The number of hydrogen-bond donors (Lipinski definition) is 0. The zero-order chi connectivity index (χ0) is 20.5. The quantitative estimate of drug-likeness (QED) is 0.676. The van der Waals surface area contributed by atoms with Gasteiger partial charge in [-0.15, -0.1) is 0 Å². The van der Waals surface area contributed by atoms with Gasteiger partial charge in [0, 0.05) is 13.1 Å². The summed E-state index contributed by atoms with van der Waals surface area (Å²) in [7, 11) is 0. The smallest absolute Gasteiger partial charge is 0.242 e. The maximum atomic E-state index is 13.8. The third-order valence-electron chi connectivity index (χ3n) is 6.28. The van der Waals surface area contributed by atoms with Crippen molar-refractivity contribution in [2.45, 2.75) is 18.4 Å². The Kier molecular flexibility index (Phi) is 4.83.